The van der Waals surface area contributed by atoms with Gasteiger partial charge >= 0.3 is 0 Å². The summed E-state index contributed by atoms with van der Waals surface area (Å²) in [6, 6.07) is 0.453. The van der Waals surface area contributed by atoms with Crippen molar-refractivity contribution >= 4 is 23.0 Å². The molecule has 0 aliphatic rings. The van der Waals surface area contributed by atoms with Crippen LogP contribution in [0.25, 0.3) is 0 Å². The van der Waals surface area contributed by atoms with E-state index in [0.29, 0.717) is 11.0 Å². The molecule has 0 bridgehead atoms. The highest BCUT2D eigenvalue weighted by atomic mass is 32.1. The Morgan fingerprint density at radius 3 is 2.58 bits per heavy atom. The average Bonchev–Trinajstić information content (AvgIpc) is 2.64. The first-order valence-electron chi connectivity index (χ1n) is 7.04. The van der Waals surface area contributed by atoms with E-state index >= 15 is 0 Å². The molecule has 0 spiro atoms. The van der Waals surface area contributed by atoms with Gasteiger partial charge in [-0.25, -0.2) is 0 Å². The molecule has 1 heterocycles. The number of nitrogens with two attached hydrogens (primary N) is 1. The predicted octanol–water partition coefficient (Wildman–Crippen LogP) is 2.77. The Bertz CT molecular complexity index is 439. The number of rotatable bonds is 7. The van der Waals surface area contributed by atoms with Crippen molar-refractivity contribution in [1.29, 1.82) is 0 Å². The van der Waals surface area contributed by atoms with Gasteiger partial charge in [0.1, 0.15) is 10.8 Å². The quantitative estimate of drug-likeness (QED) is 0.781. The fraction of sp³-hybridized carbons (Fsp3) is 0.714. The summed E-state index contributed by atoms with van der Waals surface area (Å²) in [5.74, 6) is 1.06. The monoisotopic (exact) mass is 282 g/mol. The van der Waals surface area contributed by atoms with Gasteiger partial charge in [-0.1, -0.05) is 32.5 Å². The van der Waals surface area contributed by atoms with Gasteiger partial charge in [-0.3, -0.25) is 4.68 Å². The first-order valence-corrected chi connectivity index (χ1v) is 7.44. The maximum Gasteiger partial charge on any atom is 0.137 e. The van der Waals surface area contributed by atoms with Crippen LogP contribution >= 0.6 is 12.2 Å². The molecule has 0 fully saturated rings. The fourth-order valence-corrected chi connectivity index (χ4v) is 2.59. The summed E-state index contributed by atoms with van der Waals surface area (Å²) in [6.45, 7) is 9.62. The van der Waals surface area contributed by atoms with Gasteiger partial charge in [0, 0.05) is 19.6 Å². The molecular weight excluding hydrogens is 256 g/mol. The average molecular weight is 282 g/mol. The van der Waals surface area contributed by atoms with Crippen LogP contribution < -0.4 is 10.6 Å². The Hall–Kier alpha value is -1.10. The van der Waals surface area contributed by atoms with Gasteiger partial charge < -0.3 is 10.6 Å². The third-order valence-corrected chi connectivity index (χ3v) is 3.79. The van der Waals surface area contributed by atoms with Gasteiger partial charge in [-0.2, -0.15) is 5.10 Å². The van der Waals surface area contributed by atoms with Crippen LogP contribution in [-0.4, -0.2) is 27.4 Å². The third-order valence-electron chi connectivity index (χ3n) is 3.59. The van der Waals surface area contributed by atoms with Crippen molar-refractivity contribution in [2.24, 2.45) is 12.8 Å². The molecule has 2 N–H and O–H groups in total. The van der Waals surface area contributed by atoms with Crippen LogP contribution in [0, 0.1) is 6.92 Å². The molecule has 5 heteroatoms. The van der Waals surface area contributed by atoms with E-state index < -0.39 is 0 Å². The molecule has 1 aromatic rings. The molecular formula is C14H26N4S. The van der Waals surface area contributed by atoms with Crippen molar-refractivity contribution in [2.75, 3.05) is 11.4 Å². The van der Waals surface area contributed by atoms with E-state index in [4.69, 9.17) is 18.0 Å². The lowest BCUT2D eigenvalue weighted by atomic mass is 10.1. The zero-order valence-corrected chi connectivity index (χ0v) is 13.5. The summed E-state index contributed by atoms with van der Waals surface area (Å²) in [5, 5.41) is 4.49. The van der Waals surface area contributed by atoms with Crippen molar-refractivity contribution in [1.82, 2.24) is 9.78 Å². The second-order valence-corrected chi connectivity index (χ2v) is 5.52. The topological polar surface area (TPSA) is 47.1 Å². The number of aromatic nitrogens is 2. The lowest BCUT2D eigenvalue weighted by molar-refractivity contribution is 0.572. The third kappa shape index (κ3) is 3.47. The van der Waals surface area contributed by atoms with Gasteiger partial charge in [0.15, 0.2) is 0 Å². The molecule has 1 unspecified atom stereocenters. The van der Waals surface area contributed by atoms with Crippen molar-refractivity contribution in [3.8, 4) is 0 Å². The standard InChI is InChI=1S/C14H26N4S/c1-6-8-9-18(10(3)7-2)14-12(13(15)19)11(4)16-17(14)5/h10H,6-9H2,1-5H3,(H2,15,19). The van der Waals surface area contributed by atoms with E-state index in [0.717, 1.165) is 36.5 Å². The number of hydrogen-bond acceptors (Lipinski definition) is 3. The second kappa shape index (κ2) is 6.89. The smallest absolute Gasteiger partial charge is 0.137 e. The molecule has 1 rings (SSSR count). The normalized spacial score (nSPS) is 12.5. The van der Waals surface area contributed by atoms with Gasteiger partial charge in [0.05, 0.1) is 11.3 Å². The van der Waals surface area contributed by atoms with E-state index in [1.807, 2.05) is 18.7 Å². The van der Waals surface area contributed by atoms with E-state index in [-0.39, 0.29) is 0 Å². The SMILES string of the molecule is CCCCN(c1c(C(N)=S)c(C)nn1C)C(C)CC. The molecule has 0 aliphatic heterocycles. The molecule has 1 aromatic heterocycles. The largest absolute Gasteiger partial charge is 0.389 e. The molecule has 1 atom stereocenters. The Morgan fingerprint density at radius 2 is 2.11 bits per heavy atom. The van der Waals surface area contributed by atoms with Gasteiger partial charge in [0.2, 0.25) is 0 Å². The van der Waals surface area contributed by atoms with Crippen LogP contribution in [0.15, 0.2) is 0 Å². The molecule has 0 radical (unpaired) electrons. The molecule has 0 aromatic carbocycles. The summed E-state index contributed by atoms with van der Waals surface area (Å²) >= 11 is 5.20. The molecule has 0 amide bonds. The first kappa shape index (κ1) is 16.0. The summed E-state index contributed by atoms with van der Waals surface area (Å²) in [5.41, 5.74) is 7.72. The van der Waals surface area contributed by atoms with Gasteiger partial charge in [-0.15, -0.1) is 0 Å². The Labute approximate surface area is 122 Å². The van der Waals surface area contributed by atoms with E-state index in [2.05, 4.69) is 30.8 Å². The zero-order chi connectivity index (χ0) is 14.6. The van der Waals surface area contributed by atoms with Crippen LogP contribution in [0.3, 0.4) is 0 Å². The number of aryl methyl sites for hydroxylation is 2. The lowest BCUT2D eigenvalue weighted by Crippen LogP contribution is -2.36. The van der Waals surface area contributed by atoms with Crippen LogP contribution in [0.4, 0.5) is 5.82 Å². The van der Waals surface area contributed by atoms with Crippen LogP contribution in [0.1, 0.15) is 51.3 Å². The number of hydrogen-bond donors (Lipinski definition) is 1. The summed E-state index contributed by atoms with van der Waals surface area (Å²) in [4.78, 5) is 2.82. The summed E-state index contributed by atoms with van der Waals surface area (Å²) < 4.78 is 1.91. The molecule has 0 saturated heterocycles. The maximum absolute atomic E-state index is 5.89. The van der Waals surface area contributed by atoms with E-state index in [1.54, 1.807) is 0 Å². The van der Waals surface area contributed by atoms with Crippen LogP contribution in [0.2, 0.25) is 0 Å². The van der Waals surface area contributed by atoms with Crippen LogP contribution in [0.5, 0.6) is 0 Å². The minimum Gasteiger partial charge on any atom is -0.389 e. The number of nitrogens with zero attached hydrogens (tertiary/aromatic N) is 3. The predicted molar refractivity (Wildman–Crippen MR) is 85.8 cm³/mol. The number of thiocarbonyl (C=S) groups is 1. The molecule has 0 saturated carbocycles. The summed E-state index contributed by atoms with van der Waals surface area (Å²) in [6.07, 6.45) is 3.42. The highest BCUT2D eigenvalue weighted by Crippen LogP contribution is 2.26. The van der Waals surface area contributed by atoms with E-state index in [1.165, 1.54) is 6.42 Å². The van der Waals surface area contributed by atoms with Crippen molar-refractivity contribution in [2.45, 2.75) is 53.0 Å². The fourth-order valence-electron chi connectivity index (χ4n) is 2.35. The van der Waals surface area contributed by atoms with Crippen LogP contribution in [-0.2, 0) is 7.05 Å². The Balaban J connectivity index is 3.24. The Morgan fingerprint density at radius 1 is 1.47 bits per heavy atom. The van der Waals surface area contributed by atoms with Crippen molar-refractivity contribution < 1.29 is 0 Å². The molecule has 0 aliphatic carbocycles. The molecule has 19 heavy (non-hydrogen) atoms. The van der Waals surface area contributed by atoms with Gasteiger partial charge in [-0.05, 0) is 26.7 Å². The maximum atomic E-state index is 5.89. The zero-order valence-electron chi connectivity index (χ0n) is 12.7. The first-order chi connectivity index (χ1) is 8.93. The van der Waals surface area contributed by atoms with Crippen molar-refractivity contribution in [3.63, 3.8) is 0 Å². The second-order valence-electron chi connectivity index (χ2n) is 5.08. The minimum atomic E-state index is 0.436. The lowest BCUT2D eigenvalue weighted by Gasteiger charge is -2.31. The number of unbranched alkanes of at least 4 members (excludes halogenated alkanes) is 1. The summed E-state index contributed by atoms with van der Waals surface area (Å²) in [7, 11) is 1.96. The highest BCUT2D eigenvalue weighted by Gasteiger charge is 2.23. The molecule has 4 nitrogen and oxygen atoms in total. The van der Waals surface area contributed by atoms with Gasteiger partial charge in [0.25, 0.3) is 0 Å². The molecule has 108 valence electrons. The number of anilines is 1. The highest BCUT2D eigenvalue weighted by molar-refractivity contribution is 7.80. The van der Waals surface area contributed by atoms with E-state index in [9.17, 15) is 0 Å². The minimum absolute atomic E-state index is 0.436. The van der Waals surface area contributed by atoms with Crippen molar-refractivity contribution in [3.05, 3.63) is 11.3 Å². The Kier molecular flexibility index (Phi) is 5.79.